The second kappa shape index (κ2) is 10.8. The molecule has 1 saturated carbocycles. The molecule has 2 atom stereocenters. The quantitative estimate of drug-likeness (QED) is 0.734. The first-order chi connectivity index (χ1) is 10.7. The average Bonchev–Trinajstić information content (AvgIpc) is 2.55. The van der Waals surface area contributed by atoms with Crippen LogP contribution in [0.4, 0.5) is 0 Å². The predicted octanol–water partition coefficient (Wildman–Crippen LogP) is 3.23. The zero-order chi connectivity index (χ0) is 15.8. The molecule has 1 aliphatic carbocycles. The summed E-state index contributed by atoms with van der Waals surface area (Å²) in [5, 5.41) is 3.16. The number of nitrogens with two attached hydrogens (primary N) is 1. The van der Waals surface area contributed by atoms with E-state index in [1.54, 1.807) is 11.8 Å². The lowest BCUT2D eigenvalue weighted by molar-refractivity contribution is -0.119. The minimum atomic E-state index is 0. The Hall–Kier alpha value is -0.910. The molecule has 1 amide bonds. The molecule has 1 aromatic rings. The Bertz CT molecular complexity index is 470. The fraction of sp³-hybridized carbons (Fsp3) is 0.588. The zero-order valence-corrected chi connectivity index (χ0v) is 15.3. The number of hydrogen-bond donors (Lipinski definition) is 2. The normalized spacial score (nSPS) is 20.4. The largest absolute Gasteiger partial charge is 0.494 e. The van der Waals surface area contributed by atoms with Gasteiger partial charge in [0.25, 0.3) is 0 Å². The number of nitrogens with one attached hydrogen (secondary N) is 1. The van der Waals surface area contributed by atoms with E-state index < -0.39 is 0 Å². The molecule has 6 heteroatoms. The van der Waals surface area contributed by atoms with Crippen LogP contribution in [0.2, 0.25) is 0 Å². The van der Waals surface area contributed by atoms with E-state index >= 15 is 0 Å². The van der Waals surface area contributed by atoms with E-state index in [1.807, 2.05) is 31.2 Å². The first kappa shape index (κ1) is 20.1. The van der Waals surface area contributed by atoms with Crippen molar-refractivity contribution in [1.29, 1.82) is 0 Å². The van der Waals surface area contributed by atoms with Gasteiger partial charge in [-0.3, -0.25) is 4.79 Å². The highest BCUT2D eigenvalue weighted by Crippen LogP contribution is 2.24. The number of hydrogen-bond acceptors (Lipinski definition) is 4. The van der Waals surface area contributed by atoms with Crippen molar-refractivity contribution in [2.45, 2.75) is 43.5 Å². The minimum absolute atomic E-state index is 0. The molecule has 2 rings (SSSR count). The van der Waals surface area contributed by atoms with Crippen LogP contribution in [0.1, 0.15) is 32.6 Å². The lowest BCUT2D eigenvalue weighted by Gasteiger charge is -2.31. The van der Waals surface area contributed by atoms with E-state index in [4.69, 9.17) is 10.5 Å². The van der Waals surface area contributed by atoms with Crippen molar-refractivity contribution in [3.05, 3.63) is 24.3 Å². The van der Waals surface area contributed by atoms with Gasteiger partial charge >= 0.3 is 0 Å². The van der Waals surface area contributed by atoms with Crippen LogP contribution in [-0.4, -0.2) is 30.9 Å². The van der Waals surface area contributed by atoms with Crippen molar-refractivity contribution in [1.82, 2.24) is 5.32 Å². The molecule has 130 valence electrons. The van der Waals surface area contributed by atoms with Gasteiger partial charge in [-0.1, -0.05) is 12.8 Å². The minimum Gasteiger partial charge on any atom is -0.494 e. The second-order valence-corrected chi connectivity index (χ2v) is 6.70. The molecule has 0 bridgehead atoms. The topological polar surface area (TPSA) is 64.3 Å². The second-order valence-electron chi connectivity index (χ2n) is 5.65. The van der Waals surface area contributed by atoms with Gasteiger partial charge in [-0.25, -0.2) is 0 Å². The summed E-state index contributed by atoms with van der Waals surface area (Å²) in [6.45, 7) is 3.29. The number of carbonyl (C=O) groups is 1. The molecule has 0 heterocycles. The smallest absolute Gasteiger partial charge is 0.230 e. The number of rotatable bonds is 7. The van der Waals surface area contributed by atoms with Gasteiger partial charge in [0, 0.05) is 10.9 Å². The highest BCUT2D eigenvalue weighted by molar-refractivity contribution is 8.00. The van der Waals surface area contributed by atoms with Gasteiger partial charge in [-0.05, 0) is 56.5 Å². The average molecular weight is 359 g/mol. The lowest BCUT2D eigenvalue weighted by atomic mass is 9.84. The number of thioether (sulfide) groups is 1. The summed E-state index contributed by atoms with van der Waals surface area (Å²) in [7, 11) is 0. The first-order valence-electron chi connectivity index (χ1n) is 8.08. The Morgan fingerprint density at radius 1 is 1.30 bits per heavy atom. The molecule has 0 aliphatic heterocycles. The van der Waals surface area contributed by atoms with Crippen molar-refractivity contribution in [2.24, 2.45) is 11.7 Å². The molecule has 1 aliphatic rings. The third kappa shape index (κ3) is 6.61. The molecule has 3 N–H and O–H groups in total. The Morgan fingerprint density at radius 2 is 2.00 bits per heavy atom. The number of carbonyl (C=O) groups excluding carboxylic acids is 1. The molecular formula is C17H27ClN2O2S. The summed E-state index contributed by atoms with van der Waals surface area (Å²) >= 11 is 1.55. The molecule has 2 unspecified atom stereocenters. The number of ether oxygens (including phenoxy) is 1. The maximum atomic E-state index is 12.1. The summed E-state index contributed by atoms with van der Waals surface area (Å²) in [4.78, 5) is 13.2. The fourth-order valence-electron chi connectivity index (χ4n) is 2.88. The third-order valence-electron chi connectivity index (χ3n) is 4.06. The molecule has 1 aromatic carbocycles. The molecule has 4 nitrogen and oxygen atoms in total. The van der Waals surface area contributed by atoms with Gasteiger partial charge in [-0.15, -0.1) is 24.2 Å². The van der Waals surface area contributed by atoms with Crippen LogP contribution in [-0.2, 0) is 4.79 Å². The number of halogens is 1. The molecule has 1 fully saturated rings. The highest BCUT2D eigenvalue weighted by Gasteiger charge is 2.25. The van der Waals surface area contributed by atoms with Crippen LogP contribution in [0.3, 0.4) is 0 Å². The third-order valence-corrected chi connectivity index (χ3v) is 5.07. The van der Waals surface area contributed by atoms with Gasteiger partial charge in [0.1, 0.15) is 5.75 Å². The van der Waals surface area contributed by atoms with E-state index in [9.17, 15) is 4.79 Å². The van der Waals surface area contributed by atoms with Crippen LogP contribution in [0.5, 0.6) is 5.75 Å². The van der Waals surface area contributed by atoms with Crippen molar-refractivity contribution >= 4 is 30.1 Å². The van der Waals surface area contributed by atoms with Crippen molar-refractivity contribution in [3.63, 3.8) is 0 Å². The van der Waals surface area contributed by atoms with E-state index in [2.05, 4.69) is 5.32 Å². The van der Waals surface area contributed by atoms with Gasteiger partial charge in [0.05, 0.1) is 12.4 Å². The summed E-state index contributed by atoms with van der Waals surface area (Å²) in [6, 6.07) is 8.12. The van der Waals surface area contributed by atoms with Gasteiger partial charge in [0.2, 0.25) is 5.91 Å². The monoisotopic (exact) mass is 358 g/mol. The first-order valence-corrected chi connectivity index (χ1v) is 9.06. The Kier molecular flexibility index (Phi) is 9.44. The van der Waals surface area contributed by atoms with Crippen LogP contribution in [0.15, 0.2) is 29.2 Å². The van der Waals surface area contributed by atoms with Crippen LogP contribution >= 0.6 is 24.2 Å². The number of benzene rings is 1. The Balaban J connectivity index is 0.00000264. The molecule has 23 heavy (non-hydrogen) atoms. The lowest BCUT2D eigenvalue weighted by Crippen LogP contribution is -2.45. The maximum absolute atomic E-state index is 12.1. The SMILES string of the molecule is CCOc1ccc(SCC(=O)NC2CCCCC2CN)cc1.Cl. The van der Waals surface area contributed by atoms with Crippen LogP contribution in [0, 0.1) is 5.92 Å². The summed E-state index contributed by atoms with van der Waals surface area (Å²) in [5.74, 6) is 1.85. The molecule has 0 saturated heterocycles. The predicted molar refractivity (Wildman–Crippen MR) is 98.5 cm³/mol. The van der Waals surface area contributed by atoms with Crippen molar-refractivity contribution in [2.75, 3.05) is 18.9 Å². The highest BCUT2D eigenvalue weighted by atomic mass is 35.5. The Labute approximate surface area is 149 Å². The molecule has 0 aromatic heterocycles. The fourth-order valence-corrected chi connectivity index (χ4v) is 3.59. The van der Waals surface area contributed by atoms with E-state index in [0.29, 0.717) is 24.8 Å². The summed E-state index contributed by atoms with van der Waals surface area (Å²) in [6.07, 6.45) is 4.61. The standard InChI is InChI=1S/C17H26N2O2S.ClH/c1-2-21-14-7-9-15(10-8-14)22-12-17(20)19-16-6-4-3-5-13(16)11-18;/h7-10,13,16H,2-6,11-12,18H2,1H3,(H,19,20);1H. The van der Waals surface area contributed by atoms with Crippen LogP contribution < -0.4 is 15.8 Å². The van der Waals surface area contributed by atoms with Crippen LogP contribution in [0.25, 0.3) is 0 Å². The van der Waals surface area contributed by atoms with Gasteiger partial charge in [0.15, 0.2) is 0 Å². The molecule has 0 radical (unpaired) electrons. The summed E-state index contributed by atoms with van der Waals surface area (Å²) < 4.78 is 5.41. The van der Waals surface area contributed by atoms with E-state index in [1.165, 1.54) is 12.8 Å². The molecule has 0 spiro atoms. The van der Waals surface area contributed by atoms with Gasteiger partial charge < -0.3 is 15.8 Å². The Morgan fingerprint density at radius 3 is 2.65 bits per heavy atom. The van der Waals surface area contributed by atoms with Crippen molar-refractivity contribution < 1.29 is 9.53 Å². The van der Waals surface area contributed by atoms with Gasteiger partial charge in [-0.2, -0.15) is 0 Å². The van der Waals surface area contributed by atoms with E-state index in [-0.39, 0.29) is 24.4 Å². The van der Waals surface area contributed by atoms with Crippen molar-refractivity contribution in [3.8, 4) is 5.75 Å². The zero-order valence-electron chi connectivity index (χ0n) is 13.6. The van der Waals surface area contributed by atoms with E-state index in [0.717, 1.165) is 23.5 Å². The number of amides is 1. The maximum Gasteiger partial charge on any atom is 0.230 e. The summed E-state index contributed by atoms with van der Waals surface area (Å²) in [5.41, 5.74) is 5.80. The molecular weight excluding hydrogens is 332 g/mol.